The molecule has 0 unspecified atom stereocenters. The molecule has 4 rings (SSSR count). The van der Waals surface area contributed by atoms with Gasteiger partial charge in [-0.05, 0) is 18.2 Å². The second-order valence-corrected chi connectivity index (χ2v) is 5.93. The van der Waals surface area contributed by atoms with Gasteiger partial charge in [-0.25, -0.2) is 9.97 Å². The Balaban J connectivity index is 1.90. The molecule has 0 saturated heterocycles. The Hall–Kier alpha value is -3.46. The number of ether oxygens (including phenoxy) is 1. The van der Waals surface area contributed by atoms with Gasteiger partial charge in [-0.1, -0.05) is 72.8 Å². The van der Waals surface area contributed by atoms with Crippen LogP contribution in [0.3, 0.4) is 0 Å². The third-order valence-corrected chi connectivity index (χ3v) is 4.19. The van der Waals surface area contributed by atoms with Crippen molar-refractivity contribution in [1.29, 1.82) is 0 Å². The molecule has 126 valence electrons. The second-order valence-electron chi connectivity index (χ2n) is 5.93. The summed E-state index contributed by atoms with van der Waals surface area (Å²) in [5, 5.41) is 0. The zero-order valence-corrected chi connectivity index (χ0v) is 14.5. The van der Waals surface area contributed by atoms with Crippen LogP contribution in [0.15, 0.2) is 91.0 Å². The number of nitrogens with zero attached hydrogens (tertiary/aromatic N) is 2. The van der Waals surface area contributed by atoms with E-state index in [9.17, 15) is 0 Å². The normalized spacial score (nSPS) is 10.5. The molecule has 1 heterocycles. The number of hydrogen-bond donors (Lipinski definition) is 0. The summed E-state index contributed by atoms with van der Waals surface area (Å²) in [6.45, 7) is 0. The minimum absolute atomic E-state index is 0.684. The van der Waals surface area contributed by atoms with E-state index in [0.29, 0.717) is 5.82 Å². The largest absolute Gasteiger partial charge is 0.497 e. The van der Waals surface area contributed by atoms with Crippen LogP contribution in [-0.2, 0) is 0 Å². The molecule has 0 radical (unpaired) electrons. The van der Waals surface area contributed by atoms with Gasteiger partial charge in [-0.15, -0.1) is 0 Å². The number of aromatic nitrogens is 2. The van der Waals surface area contributed by atoms with Crippen molar-refractivity contribution in [2.75, 3.05) is 7.11 Å². The summed E-state index contributed by atoms with van der Waals surface area (Å²) >= 11 is 0. The Morgan fingerprint density at radius 3 is 1.65 bits per heavy atom. The van der Waals surface area contributed by atoms with Crippen LogP contribution in [0, 0.1) is 0 Å². The molecule has 3 nitrogen and oxygen atoms in total. The Morgan fingerprint density at radius 1 is 0.577 bits per heavy atom. The van der Waals surface area contributed by atoms with Crippen molar-refractivity contribution in [3.63, 3.8) is 0 Å². The summed E-state index contributed by atoms with van der Waals surface area (Å²) in [5.74, 6) is 1.47. The van der Waals surface area contributed by atoms with Crippen LogP contribution < -0.4 is 4.74 Å². The average Bonchev–Trinajstić information content (AvgIpc) is 2.75. The lowest BCUT2D eigenvalue weighted by Crippen LogP contribution is -1.96. The van der Waals surface area contributed by atoms with Crippen molar-refractivity contribution in [2.45, 2.75) is 0 Å². The fraction of sp³-hybridized carbons (Fsp3) is 0.0435. The van der Waals surface area contributed by atoms with Crippen LogP contribution in [0.5, 0.6) is 5.75 Å². The highest BCUT2D eigenvalue weighted by Crippen LogP contribution is 2.28. The maximum atomic E-state index is 5.35. The molecule has 0 aliphatic carbocycles. The second kappa shape index (κ2) is 7.19. The minimum atomic E-state index is 0.684. The first-order chi connectivity index (χ1) is 12.8. The lowest BCUT2D eigenvalue weighted by molar-refractivity contribution is 0.415. The molecule has 0 atom stereocenters. The van der Waals surface area contributed by atoms with E-state index in [4.69, 9.17) is 14.7 Å². The molecule has 0 bridgehead atoms. The van der Waals surface area contributed by atoms with Gasteiger partial charge >= 0.3 is 0 Å². The van der Waals surface area contributed by atoms with E-state index in [1.54, 1.807) is 7.11 Å². The SMILES string of the molecule is COc1cccc(-c2nc(-c3ccccc3)cc(-c3ccccc3)n2)c1. The molecule has 3 heteroatoms. The topological polar surface area (TPSA) is 35.0 Å². The first-order valence-corrected chi connectivity index (χ1v) is 8.48. The maximum absolute atomic E-state index is 5.35. The van der Waals surface area contributed by atoms with E-state index in [0.717, 1.165) is 33.8 Å². The predicted molar refractivity (Wildman–Crippen MR) is 105 cm³/mol. The maximum Gasteiger partial charge on any atom is 0.160 e. The monoisotopic (exact) mass is 338 g/mol. The molecule has 0 amide bonds. The van der Waals surface area contributed by atoms with Gasteiger partial charge in [0, 0.05) is 16.7 Å². The predicted octanol–water partition coefficient (Wildman–Crippen LogP) is 5.49. The average molecular weight is 338 g/mol. The summed E-state index contributed by atoms with van der Waals surface area (Å²) in [6, 6.07) is 30.2. The lowest BCUT2D eigenvalue weighted by Gasteiger charge is -2.10. The minimum Gasteiger partial charge on any atom is -0.497 e. The highest BCUT2D eigenvalue weighted by Gasteiger charge is 2.10. The quantitative estimate of drug-likeness (QED) is 0.494. The number of rotatable bonds is 4. The van der Waals surface area contributed by atoms with E-state index < -0.39 is 0 Å². The smallest absolute Gasteiger partial charge is 0.160 e. The van der Waals surface area contributed by atoms with Gasteiger partial charge in [-0.3, -0.25) is 0 Å². The fourth-order valence-corrected chi connectivity index (χ4v) is 2.85. The van der Waals surface area contributed by atoms with E-state index in [1.165, 1.54) is 0 Å². The van der Waals surface area contributed by atoms with Crippen molar-refractivity contribution in [2.24, 2.45) is 0 Å². The first kappa shape index (κ1) is 16.0. The molecule has 3 aromatic carbocycles. The molecule has 4 aromatic rings. The van der Waals surface area contributed by atoms with Crippen LogP contribution >= 0.6 is 0 Å². The van der Waals surface area contributed by atoms with Crippen LogP contribution in [0.2, 0.25) is 0 Å². The van der Waals surface area contributed by atoms with Gasteiger partial charge < -0.3 is 4.74 Å². The Labute approximate surface area is 153 Å². The van der Waals surface area contributed by atoms with Crippen LogP contribution in [0.25, 0.3) is 33.9 Å². The number of benzene rings is 3. The molecule has 0 N–H and O–H groups in total. The van der Waals surface area contributed by atoms with Gasteiger partial charge in [0.1, 0.15) is 5.75 Å². The number of methoxy groups -OCH3 is 1. The Kier molecular flexibility index (Phi) is 4.44. The van der Waals surface area contributed by atoms with Crippen LogP contribution in [-0.4, -0.2) is 17.1 Å². The van der Waals surface area contributed by atoms with Crippen molar-refractivity contribution in [3.05, 3.63) is 91.0 Å². The van der Waals surface area contributed by atoms with Crippen molar-refractivity contribution < 1.29 is 4.74 Å². The Morgan fingerprint density at radius 2 is 1.12 bits per heavy atom. The summed E-state index contributed by atoms with van der Waals surface area (Å²) in [6.07, 6.45) is 0. The van der Waals surface area contributed by atoms with Crippen molar-refractivity contribution >= 4 is 0 Å². The zero-order chi connectivity index (χ0) is 17.8. The molecule has 0 aliphatic heterocycles. The van der Waals surface area contributed by atoms with Gasteiger partial charge in [0.25, 0.3) is 0 Å². The molecular weight excluding hydrogens is 320 g/mol. The fourth-order valence-electron chi connectivity index (χ4n) is 2.85. The van der Waals surface area contributed by atoms with E-state index in [-0.39, 0.29) is 0 Å². The first-order valence-electron chi connectivity index (χ1n) is 8.48. The van der Waals surface area contributed by atoms with Gasteiger partial charge in [0.05, 0.1) is 18.5 Å². The molecule has 0 spiro atoms. The summed E-state index contributed by atoms with van der Waals surface area (Å²) < 4.78 is 5.35. The molecule has 1 aromatic heterocycles. The summed E-state index contributed by atoms with van der Waals surface area (Å²) in [7, 11) is 1.66. The van der Waals surface area contributed by atoms with Gasteiger partial charge in [0.15, 0.2) is 5.82 Å². The molecule has 0 aliphatic rings. The van der Waals surface area contributed by atoms with Gasteiger partial charge in [-0.2, -0.15) is 0 Å². The van der Waals surface area contributed by atoms with E-state index in [1.807, 2.05) is 66.7 Å². The van der Waals surface area contributed by atoms with Crippen LogP contribution in [0.1, 0.15) is 0 Å². The molecule has 0 fully saturated rings. The molecular formula is C23H18N2O. The van der Waals surface area contributed by atoms with Crippen molar-refractivity contribution in [3.8, 4) is 39.7 Å². The third kappa shape index (κ3) is 3.33. The summed E-state index contributed by atoms with van der Waals surface area (Å²) in [5.41, 5.74) is 4.86. The highest BCUT2D eigenvalue weighted by molar-refractivity contribution is 5.71. The standard InChI is InChI=1S/C23H18N2O/c1-26-20-14-8-13-19(15-20)23-24-21(17-9-4-2-5-10-17)16-22(25-23)18-11-6-3-7-12-18/h2-16H,1H3. The zero-order valence-electron chi connectivity index (χ0n) is 14.5. The molecule has 0 saturated carbocycles. The summed E-state index contributed by atoms with van der Waals surface area (Å²) in [4.78, 5) is 9.62. The lowest BCUT2D eigenvalue weighted by atomic mass is 10.1. The van der Waals surface area contributed by atoms with Crippen molar-refractivity contribution in [1.82, 2.24) is 9.97 Å². The Bertz CT molecular complexity index is 957. The number of hydrogen-bond acceptors (Lipinski definition) is 3. The third-order valence-electron chi connectivity index (χ3n) is 4.19. The molecule has 26 heavy (non-hydrogen) atoms. The van der Waals surface area contributed by atoms with E-state index >= 15 is 0 Å². The van der Waals surface area contributed by atoms with E-state index in [2.05, 4.69) is 24.3 Å². The highest BCUT2D eigenvalue weighted by atomic mass is 16.5. The van der Waals surface area contributed by atoms with Gasteiger partial charge in [0.2, 0.25) is 0 Å². The van der Waals surface area contributed by atoms with Crippen LogP contribution in [0.4, 0.5) is 0 Å².